The molecule has 0 aliphatic carbocycles. The fourth-order valence-corrected chi connectivity index (χ4v) is 3.98. The highest BCUT2D eigenvalue weighted by atomic mass is 32.1. The number of nitrogens with zero attached hydrogens (tertiary/aromatic N) is 3. The molecule has 0 unspecified atom stereocenters. The molecule has 1 N–H and O–H groups in total. The maximum Gasteiger partial charge on any atom is 0.271 e. The summed E-state index contributed by atoms with van der Waals surface area (Å²) in [6.45, 7) is 1.09. The highest BCUT2D eigenvalue weighted by Gasteiger charge is 2.25. The van der Waals surface area contributed by atoms with Gasteiger partial charge in [-0.15, -0.1) is 11.3 Å². The van der Waals surface area contributed by atoms with Gasteiger partial charge >= 0.3 is 0 Å². The third-order valence-corrected chi connectivity index (χ3v) is 5.47. The van der Waals surface area contributed by atoms with E-state index in [-0.39, 0.29) is 17.8 Å². The lowest BCUT2D eigenvalue weighted by Gasteiger charge is -2.29. The molecule has 1 aliphatic rings. The molecule has 3 aromatic rings. The molecule has 1 saturated heterocycles. The minimum absolute atomic E-state index is 0.0759. The van der Waals surface area contributed by atoms with Crippen LogP contribution in [0.5, 0.6) is 5.75 Å². The van der Waals surface area contributed by atoms with Gasteiger partial charge in [0.2, 0.25) is 0 Å². The van der Waals surface area contributed by atoms with Gasteiger partial charge in [0.1, 0.15) is 5.69 Å². The quantitative estimate of drug-likeness (QED) is 0.764. The van der Waals surface area contributed by atoms with E-state index in [1.807, 2.05) is 0 Å². The summed E-state index contributed by atoms with van der Waals surface area (Å²) in [4.78, 5) is 19.7. The number of hydrogen-bond acceptors (Lipinski definition) is 5. The third kappa shape index (κ3) is 2.95. The molecule has 8 heteroatoms. The molecule has 1 fully saturated rings. The van der Waals surface area contributed by atoms with Crippen molar-refractivity contribution in [1.82, 2.24) is 14.3 Å². The minimum Gasteiger partial charge on any atom is -0.494 e. The number of hydrogen-bond donors (Lipinski definition) is 1. The lowest BCUT2D eigenvalue weighted by molar-refractivity contribution is 0.0541. The standard InChI is InChI=1S/C18H18FN3O3S/c1-25-16-3-2-11(8-13(16)19)14-9-22-15(10-26-18(22)20-14)17(24)21-6-4-12(23)5-7-21/h2-3,8-10,12,23H,4-7H2,1H3. The second-order valence-corrected chi connectivity index (χ2v) is 7.11. The summed E-state index contributed by atoms with van der Waals surface area (Å²) < 4.78 is 20.6. The number of thiazole rings is 1. The van der Waals surface area contributed by atoms with E-state index in [1.165, 1.54) is 24.5 Å². The van der Waals surface area contributed by atoms with E-state index in [2.05, 4.69) is 4.98 Å². The van der Waals surface area contributed by atoms with Gasteiger partial charge in [-0.05, 0) is 31.0 Å². The fourth-order valence-electron chi connectivity index (χ4n) is 3.13. The summed E-state index contributed by atoms with van der Waals surface area (Å²) in [7, 11) is 1.42. The van der Waals surface area contributed by atoms with E-state index in [0.29, 0.717) is 47.8 Å². The number of imidazole rings is 1. The Balaban J connectivity index is 1.65. The molecule has 0 spiro atoms. The highest BCUT2D eigenvalue weighted by Crippen LogP contribution is 2.28. The van der Waals surface area contributed by atoms with E-state index in [1.54, 1.807) is 33.0 Å². The molecule has 2 aromatic heterocycles. The van der Waals surface area contributed by atoms with Crippen LogP contribution in [0.25, 0.3) is 16.2 Å². The van der Waals surface area contributed by atoms with Crippen molar-refractivity contribution in [2.45, 2.75) is 18.9 Å². The third-order valence-electron chi connectivity index (χ3n) is 4.63. The van der Waals surface area contributed by atoms with Crippen molar-refractivity contribution in [3.05, 3.63) is 41.3 Å². The number of fused-ring (bicyclic) bond motifs is 1. The molecule has 4 rings (SSSR count). The Morgan fingerprint density at radius 2 is 2.15 bits per heavy atom. The van der Waals surface area contributed by atoms with Crippen LogP contribution in [0.15, 0.2) is 29.8 Å². The monoisotopic (exact) mass is 375 g/mol. The van der Waals surface area contributed by atoms with Crippen molar-refractivity contribution in [2.75, 3.05) is 20.2 Å². The van der Waals surface area contributed by atoms with Crippen LogP contribution < -0.4 is 4.74 Å². The smallest absolute Gasteiger partial charge is 0.271 e. The SMILES string of the molecule is COc1ccc(-c2cn3c(C(=O)N4CCC(O)CC4)csc3n2)cc1F. The van der Waals surface area contributed by atoms with Gasteiger partial charge in [0.15, 0.2) is 16.5 Å². The number of ether oxygens (including phenoxy) is 1. The summed E-state index contributed by atoms with van der Waals surface area (Å²) in [6.07, 6.45) is 2.61. The first-order valence-electron chi connectivity index (χ1n) is 8.34. The van der Waals surface area contributed by atoms with Crippen LogP contribution in [0.2, 0.25) is 0 Å². The van der Waals surface area contributed by atoms with Gasteiger partial charge in [0, 0.05) is 30.2 Å². The van der Waals surface area contributed by atoms with Gasteiger partial charge in [0.05, 0.1) is 18.9 Å². The molecule has 136 valence electrons. The molecular weight excluding hydrogens is 357 g/mol. The normalized spacial score (nSPS) is 15.6. The summed E-state index contributed by atoms with van der Waals surface area (Å²) in [6, 6.07) is 4.67. The number of aliphatic hydroxyl groups is 1. The molecular formula is C18H18FN3O3S. The number of halogens is 1. The number of carbonyl (C=O) groups is 1. The average Bonchev–Trinajstić information content (AvgIpc) is 3.22. The molecule has 1 aliphatic heterocycles. The van der Waals surface area contributed by atoms with Crippen LogP contribution in [-0.2, 0) is 0 Å². The summed E-state index contributed by atoms with van der Waals surface area (Å²) in [5.41, 5.74) is 1.76. The highest BCUT2D eigenvalue weighted by molar-refractivity contribution is 7.15. The van der Waals surface area contributed by atoms with Gasteiger partial charge in [-0.25, -0.2) is 9.37 Å². The first-order valence-corrected chi connectivity index (χ1v) is 9.22. The molecule has 1 aromatic carbocycles. The number of aliphatic hydroxyl groups excluding tert-OH is 1. The second kappa shape index (κ2) is 6.69. The first-order chi connectivity index (χ1) is 12.6. The lowest BCUT2D eigenvalue weighted by atomic mass is 10.1. The lowest BCUT2D eigenvalue weighted by Crippen LogP contribution is -2.40. The van der Waals surface area contributed by atoms with E-state index >= 15 is 0 Å². The molecule has 6 nitrogen and oxygen atoms in total. The average molecular weight is 375 g/mol. The Morgan fingerprint density at radius 3 is 2.85 bits per heavy atom. The maximum atomic E-state index is 14.0. The Kier molecular flexibility index (Phi) is 4.37. The Bertz CT molecular complexity index is 960. The number of benzene rings is 1. The van der Waals surface area contributed by atoms with E-state index < -0.39 is 5.82 Å². The van der Waals surface area contributed by atoms with Crippen LogP contribution in [-0.4, -0.2) is 51.6 Å². The second-order valence-electron chi connectivity index (χ2n) is 6.27. The van der Waals surface area contributed by atoms with Crippen LogP contribution in [0.3, 0.4) is 0 Å². The number of likely N-dealkylation sites (tertiary alicyclic amines) is 1. The summed E-state index contributed by atoms with van der Waals surface area (Å²) >= 11 is 1.37. The predicted molar refractivity (Wildman–Crippen MR) is 96.2 cm³/mol. The van der Waals surface area contributed by atoms with Crippen LogP contribution >= 0.6 is 11.3 Å². The van der Waals surface area contributed by atoms with Crippen molar-refractivity contribution < 1.29 is 19.0 Å². The Labute approximate surface area is 153 Å². The maximum absolute atomic E-state index is 14.0. The van der Waals surface area contributed by atoms with Gasteiger partial charge in [0.25, 0.3) is 5.91 Å². The molecule has 1 amide bonds. The Morgan fingerprint density at radius 1 is 1.38 bits per heavy atom. The van der Waals surface area contributed by atoms with Gasteiger partial charge in [-0.1, -0.05) is 0 Å². The van der Waals surface area contributed by atoms with Crippen molar-refractivity contribution in [1.29, 1.82) is 0 Å². The molecule has 0 radical (unpaired) electrons. The van der Waals surface area contributed by atoms with E-state index in [0.717, 1.165) is 0 Å². The molecule has 3 heterocycles. The molecule has 0 saturated carbocycles. The topological polar surface area (TPSA) is 67.1 Å². The van der Waals surface area contributed by atoms with Gasteiger partial charge in [-0.3, -0.25) is 9.20 Å². The zero-order valence-corrected chi connectivity index (χ0v) is 15.0. The molecule has 0 atom stereocenters. The summed E-state index contributed by atoms with van der Waals surface area (Å²) in [5, 5.41) is 11.4. The van der Waals surface area contributed by atoms with Crippen molar-refractivity contribution in [3.8, 4) is 17.0 Å². The van der Waals surface area contributed by atoms with E-state index in [4.69, 9.17) is 4.74 Å². The number of aromatic nitrogens is 2. The van der Waals surface area contributed by atoms with Gasteiger partial charge in [-0.2, -0.15) is 0 Å². The fraction of sp³-hybridized carbons (Fsp3) is 0.333. The predicted octanol–water partition coefficient (Wildman–Crippen LogP) is 2.81. The molecule has 0 bridgehead atoms. The summed E-state index contributed by atoms with van der Waals surface area (Å²) in [5.74, 6) is -0.351. The van der Waals surface area contributed by atoms with Crippen LogP contribution in [0, 0.1) is 5.82 Å². The first kappa shape index (κ1) is 17.0. The number of piperidine rings is 1. The minimum atomic E-state index is -0.454. The number of methoxy groups -OCH3 is 1. The van der Waals surface area contributed by atoms with E-state index in [9.17, 15) is 14.3 Å². The van der Waals surface area contributed by atoms with Gasteiger partial charge < -0.3 is 14.7 Å². The number of carbonyl (C=O) groups excluding carboxylic acids is 1. The number of rotatable bonds is 3. The van der Waals surface area contributed by atoms with Crippen molar-refractivity contribution in [2.24, 2.45) is 0 Å². The largest absolute Gasteiger partial charge is 0.494 e. The van der Waals surface area contributed by atoms with Crippen LogP contribution in [0.1, 0.15) is 23.3 Å². The van der Waals surface area contributed by atoms with Crippen molar-refractivity contribution in [3.63, 3.8) is 0 Å². The zero-order chi connectivity index (χ0) is 18.3. The molecule has 26 heavy (non-hydrogen) atoms. The van der Waals surface area contributed by atoms with Crippen LogP contribution in [0.4, 0.5) is 4.39 Å². The van der Waals surface area contributed by atoms with Crippen molar-refractivity contribution >= 4 is 22.2 Å². The Hall–Kier alpha value is -2.45. The number of amides is 1. The zero-order valence-electron chi connectivity index (χ0n) is 14.2.